The zero-order valence-electron chi connectivity index (χ0n) is 11.2. The van der Waals surface area contributed by atoms with Gasteiger partial charge >= 0.3 is 5.97 Å². The zero-order valence-corrected chi connectivity index (χ0v) is 12.0. The molecule has 5 nitrogen and oxygen atoms in total. The number of aliphatic carboxylic acids is 1. The van der Waals surface area contributed by atoms with Gasteiger partial charge in [-0.05, 0) is 30.3 Å². The molecular formula is C15H15NO4S. The molecule has 0 fully saturated rings. The van der Waals surface area contributed by atoms with E-state index in [1.54, 1.807) is 30.4 Å². The third-order valence-corrected chi connectivity index (χ3v) is 4.07. The largest absolute Gasteiger partial charge is 0.508 e. The summed E-state index contributed by atoms with van der Waals surface area (Å²) in [5, 5.41) is 17.4. The third kappa shape index (κ3) is 3.46. The first-order valence-corrected chi connectivity index (χ1v) is 7.24. The number of carboxylic acid groups (broad SMARTS) is 1. The number of hydrogen-bond donors (Lipinski definition) is 2. The minimum absolute atomic E-state index is 0.108. The van der Waals surface area contributed by atoms with Gasteiger partial charge in [-0.25, -0.2) is 4.99 Å². The van der Waals surface area contributed by atoms with Gasteiger partial charge in [-0.15, -0.1) is 6.58 Å². The van der Waals surface area contributed by atoms with E-state index >= 15 is 0 Å². The van der Waals surface area contributed by atoms with Gasteiger partial charge in [0.25, 0.3) is 5.06 Å². The van der Waals surface area contributed by atoms with Crippen LogP contribution in [0.2, 0.25) is 0 Å². The summed E-state index contributed by atoms with van der Waals surface area (Å²) in [4.78, 5) is 15.7. The third-order valence-electron chi connectivity index (χ3n) is 2.81. The molecule has 0 radical (unpaired) electrons. The number of carbonyl (C=O) groups is 1. The standard InChI is InChI=1S/C15H15NO4S/c1-2-10-21-15(13(14(18)19)4-3-9-16-15)20-12-7-5-11(17)6-8-12/h2-9,13,17H,1,10H2,(H,18,19). The molecule has 6 heteroatoms. The van der Waals surface area contributed by atoms with Gasteiger partial charge in [0.2, 0.25) is 0 Å². The number of hydrogen-bond acceptors (Lipinski definition) is 5. The molecule has 2 rings (SSSR count). The van der Waals surface area contributed by atoms with Crippen LogP contribution in [0.4, 0.5) is 0 Å². The van der Waals surface area contributed by atoms with E-state index in [-0.39, 0.29) is 5.75 Å². The van der Waals surface area contributed by atoms with E-state index in [1.165, 1.54) is 30.1 Å². The van der Waals surface area contributed by atoms with E-state index in [1.807, 2.05) is 0 Å². The Labute approximate surface area is 126 Å². The van der Waals surface area contributed by atoms with Gasteiger partial charge in [-0.2, -0.15) is 0 Å². The number of dihydropyridines is 1. The highest BCUT2D eigenvalue weighted by atomic mass is 32.2. The molecule has 2 atom stereocenters. The van der Waals surface area contributed by atoms with E-state index in [0.29, 0.717) is 11.5 Å². The molecule has 2 unspecified atom stereocenters. The molecule has 0 saturated heterocycles. The fraction of sp³-hybridized carbons (Fsp3) is 0.200. The van der Waals surface area contributed by atoms with Crippen LogP contribution < -0.4 is 4.74 Å². The van der Waals surface area contributed by atoms with Gasteiger partial charge in [0.1, 0.15) is 17.4 Å². The Balaban J connectivity index is 2.33. The lowest BCUT2D eigenvalue weighted by Crippen LogP contribution is -2.43. The number of aromatic hydroxyl groups is 1. The monoisotopic (exact) mass is 305 g/mol. The number of allylic oxidation sites excluding steroid dienone is 1. The number of phenolic OH excluding ortho intramolecular Hbond substituents is 1. The second-order valence-corrected chi connectivity index (χ2v) is 5.51. The number of carboxylic acids is 1. The second kappa shape index (κ2) is 6.49. The predicted octanol–water partition coefficient (Wildman–Crippen LogP) is 2.69. The van der Waals surface area contributed by atoms with Crippen LogP contribution in [0.15, 0.2) is 54.1 Å². The molecule has 1 heterocycles. The fourth-order valence-electron chi connectivity index (χ4n) is 1.86. The summed E-state index contributed by atoms with van der Waals surface area (Å²) in [7, 11) is 0. The molecule has 0 aliphatic carbocycles. The van der Waals surface area contributed by atoms with E-state index in [0.717, 1.165) is 0 Å². The van der Waals surface area contributed by atoms with Crippen molar-refractivity contribution >= 4 is 23.9 Å². The van der Waals surface area contributed by atoms with Gasteiger partial charge in [0, 0.05) is 12.0 Å². The molecule has 110 valence electrons. The number of ether oxygens (including phenoxy) is 1. The Kier molecular flexibility index (Phi) is 4.70. The lowest BCUT2D eigenvalue weighted by atomic mass is 10.1. The van der Waals surface area contributed by atoms with Crippen molar-refractivity contribution in [1.29, 1.82) is 0 Å². The molecule has 0 saturated carbocycles. The van der Waals surface area contributed by atoms with E-state index in [4.69, 9.17) is 4.74 Å². The van der Waals surface area contributed by atoms with Crippen molar-refractivity contribution in [3.05, 3.63) is 49.1 Å². The van der Waals surface area contributed by atoms with Crippen molar-refractivity contribution in [2.75, 3.05) is 5.75 Å². The van der Waals surface area contributed by atoms with Gasteiger partial charge in [-0.3, -0.25) is 4.79 Å². The molecule has 0 bridgehead atoms. The zero-order chi connectivity index (χ0) is 15.3. The summed E-state index contributed by atoms with van der Waals surface area (Å²) in [5.41, 5.74) is 0. The predicted molar refractivity (Wildman–Crippen MR) is 82.9 cm³/mol. The molecule has 21 heavy (non-hydrogen) atoms. The summed E-state index contributed by atoms with van der Waals surface area (Å²) in [6, 6.07) is 6.08. The Morgan fingerprint density at radius 2 is 2.19 bits per heavy atom. The summed E-state index contributed by atoms with van der Waals surface area (Å²) in [5.74, 6) is -0.896. The van der Waals surface area contributed by atoms with Crippen LogP contribution in [0.1, 0.15) is 0 Å². The summed E-state index contributed by atoms with van der Waals surface area (Å²) in [6.45, 7) is 3.64. The van der Waals surface area contributed by atoms with Crippen molar-refractivity contribution in [3.8, 4) is 11.5 Å². The van der Waals surface area contributed by atoms with Crippen molar-refractivity contribution in [1.82, 2.24) is 0 Å². The normalized spacial score (nSPS) is 23.7. The highest BCUT2D eigenvalue weighted by Gasteiger charge is 2.45. The van der Waals surface area contributed by atoms with Crippen molar-refractivity contribution in [3.63, 3.8) is 0 Å². The quantitative estimate of drug-likeness (QED) is 0.624. The highest BCUT2D eigenvalue weighted by Crippen LogP contribution is 2.40. The van der Waals surface area contributed by atoms with Crippen LogP contribution in [0, 0.1) is 5.92 Å². The van der Waals surface area contributed by atoms with E-state index in [9.17, 15) is 15.0 Å². The minimum atomic E-state index is -1.29. The Bertz CT molecular complexity index is 582. The Hall–Kier alpha value is -2.21. The maximum Gasteiger partial charge on any atom is 0.317 e. The summed E-state index contributed by atoms with van der Waals surface area (Å²) < 4.78 is 5.85. The van der Waals surface area contributed by atoms with Crippen molar-refractivity contribution < 1.29 is 19.7 Å². The number of nitrogens with zero attached hydrogens (tertiary/aromatic N) is 1. The molecule has 0 spiro atoms. The number of rotatable bonds is 6. The van der Waals surface area contributed by atoms with Crippen LogP contribution >= 0.6 is 11.8 Å². The Morgan fingerprint density at radius 3 is 2.81 bits per heavy atom. The number of aliphatic imine (C=N–C) groups is 1. The lowest BCUT2D eigenvalue weighted by molar-refractivity contribution is -0.143. The van der Waals surface area contributed by atoms with Crippen LogP contribution in [0.25, 0.3) is 0 Å². The van der Waals surface area contributed by atoms with Gasteiger partial charge in [0.05, 0.1) is 0 Å². The van der Waals surface area contributed by atoms with E-state index in [2.05, 4.69) is 11.6 Å². The number of benzene rings is 1. The molecular weight excluding hydrogens is 290 g/mol. The minimum Gasteiger partial charge on any atom is -0.508 e. The maximum absolute atomic E-state index is 11.5. The lowest BCUT2D eigenvalue weighted by Gasteiger charge is -2.34. The molecule has 1 aliphatic heterocycles. The first-order chi connectivity index (χ1) is 10.1. The Morgan fingerprint density at radius 1 is 1.48 bits per heavy atom. The average molecular weight is 305 g/mol. The maximum atomic E-state index is 11.5. The van der Waals surface area contributed by atoms with Crippen LogP contribution in [-0.4, -0.2) is 33.2 Å². The number of thioether (sulfide) groups is 1. The highest BCUT2D eigenvalue weighted by molar-refractivity contribution is 8.00. The van der Waals surface area contributed by atoms with Crippen molar-refractivity contribution in [2.24, 2.45) is 10.9 Å². The van der Waals surface area contributed by atoms with Gasteiger partial charge in [-0.1, -0.05) is 23.9 Å². The first-order valence-electron chi connectivity index (χ1n) is 6.25. The van der Waals surface area contributed by atoms with Crippen molar-refractivity contribution in [2.45, 2.75) is 5.06 Å². The fourth-order valence-corrected chi connectivity index (χ4v) is 2.86. The van der Waals surface area contributed by atoms with E-state index < -0.39 is 16.9 Å². The molecule has 1 aliphatic rings. The molecule has 1 aromatic carbocycles. The summed E-state index contributed by atoms with van der Waals surface area (Å²) >= 11 is 1.25. The number of phenols is 1. The second-order valence-electron chi connectivity index (χ2n) is 4.31. The molecule has 0 aromatic heterocycles. The smallest absolute Gasteiger partial charge is 0.317 e. The molecule has 2 N–H and O–H groups in total. The summed E-state index contributed by atoms with van der Waals surface area (Å²) in [6.07, 6.45) is 6.33. The van der Waals surface area contributed by atoms with Crippen LogP contribution in [0.5, 0.6) is 11.5 Å². The molecule has 0 amide bonds. The van der Waals surface area contributed by atoms with Crippen LogP contribution in [-0.2, 0) is 4.79 Å². The SMILES string of the molecule is C=CCSC1(Oc2ccc(O)cc2)N=CC=CC1C(=O)O. The van der Waals surface area contributed by atoms with Crippen LogP contribution in [0.3, 0.4) is 0 Å². The first kappa shape index (κ1) is 15.2. The average Bonchev–Trinajstić information content (AvgIpc) is 2.48. The molecule has 1 aromatic rings. The van der Waals surface area contributed by atoms with Gasteiger partial charge in [0.15, 0.2) is 0 Å². The topological polar surface area (TPSA) is 79.1 Å². The van der Waals surface area contributed by atoms with Gasteiger partial charge < -0.3 is 14.9 Å².